The molecule has 162 valence electrons. The van der Waals surface area contributed by atoms with E-state index in [4.69, 9.17) is 9.47 Å². The van der Waals surface area contributed by atoms with Crippen LogP contribution in [0.15, 0.2) is 24.3 Å². The van der Waals surface area contributed by atoms with Crippen LogP contribution in [0.1, 0.15) is 39.7 Å². The van der Waals surface area contributed by atoms with Crippen molar-refractivity contribution >= 4 is 12.2 Å². The first kappa shape index (κ1) is 22.7. The second kappa shape index (κ2) is 9.76. The molecule has 1 aromatic rings. The zero-order valence-corrected chi connectivity index (χ0v) is 17.2. The highest BCUT2D eigenvalue weighted by molar-refractivity contribution is 5.71. The Morgan fingerprint density at radius 1 is 1.14 bits per heavy atom. The molecule has 0 spiro atoms. The van der Waals surface area contributed by atoms with Crippen LogP contribution >= 0.6 is 0 Å². The van der Waals surface area contributed by atoms with E-state index in [0.29, 0.717) is 31.6 Å². The van der Waals surface area contributed by atoms with Gasteiger partial charge in [-0.3, -0.25) is 0 Å². The first-order valence-corrected chi connectivity index (χ1v) is 9.54. The van der Waals surface area contributed by atoms with Crippen molar-refractivity contribution in [3.05, 3.63) is 29.8 Å². The molecule has 1 aliphatic rings. The van der Waals surface area contributed by atoms with E-state index in [9.17, 15) is 18.4 Å². The fourth-order valence-electron chi connectivity index (χ4n) is 2.93. The molecule has 0 saturated carbocycles. The number of carbonyl (C=O) groups excluding carboxylic acids is 2. The van der Waals surface area contributed by atoms with E-state index >= 15 is 0 Å². The predicted octanol–water partition coefficient (Wildman–Crippen LogP) is 4.26. The summed E-state index contributed by atoms with van der Waals surface area (Å²) < 4.78 is 39.4. The highest BCUT2D eigenvalue weighted by Gasteiger charge is 2.34. The molecule has 2 amide bonds. The second-order valence-electron chi connectivity index (χ2n) is 7.76. The van der Waals surface area contributed by atoms with Gasteiger partial charge in [0.2, 0.25) is 0 Å². The Balaban J connectivity index is 1.88. The SMILES string of the molecule is CC[C@@H]1CN(C(=O)OC(C)(C)C)CCN1C(=O)OCc1ccc(OC(F)F)cc1. The minimum absolute atomic E-state index is 0.0104. The molecule has 0 N–H and O–H groups in total. The van der Waals surface area contributed by atoms with E-state index in [1.54, 1.807) is 21.9 Å². The van der Waals surface area contributed by atoms with Crippen LogP contribution in [0, 0.1) is 0 Å². The van der Waals surface area contributed by atoms with Crippen molar-refractivity contribution < 1.29 is 32.6 Å². The largest absolute Gasteiger partial charge is 0.445 e. The Morgan fingerprint density at radius 2 is 1.79 bits per heavy atom. The molecule has 1 atom stereocenters. The summed E-state index contributed by atoms with van der Waals surface area (Å²) in [7, 11) is 0. The van der Waals surface area contributed by atoms with Gasteiger partial charge in [0.15, 0.2) is 0 Å². The van der Waals surface area contributed by atoms with Gasteiger partial charge in [-0.25, -0.2) is 9.59 Å². The Kier molecular flexibility index (Phi) is 7.64. The van der Waals surface area contributed by atoms with Crippen LogP contribution in [0.4, 0.5) is 18.4 Å². The minimum Gasteiger partial charge on any atom is -0.445 e. The summed E-state index contributed by atoms with van der Waals surface area (Å²) in [6, 6.07) is 5.73. The fourth-order valence-corrected chi connectivity index (χ4v) is 2.93. The summed E-state index contributed by atoms with van der Waals surface area (Å²) in [5.74, 6) is 0.0411. The first-order chi connectivity index (χ1) is 13.6. The number of piperazine rings is 1. The highest BCUT2D eigenvalue weighted by Crippen LogP contribution is 2.19. The number of halogens is 2. The summed E-state index contributed by atoms with van der Waals surface area (Å²) in [6.07, 6.45) is -0.211. The summed E-state index contributed by atoms with van der Waals surface area (Å²) in [6.45, 7) is 5.57. The molecule has 1 fully saturated rings. The van der Waals surface area contributed by atoms with E-state index < -0.39 is 24.4 Å². The molecule has 0 radical (unpaired) electrons. The van der Waals surface area contributed by atoms with E-state index in [1.165, 1.54) is 12.1 Å². The van der Waals surface area contributed by atoms with Gasteiger partial charge in [0, 0.05) is 19.6 Å². The van der Waals surface area contributed by atoms with E-state index in [-0.39, 0.29) is 18.4 Å². The van der Waals surface area contributed by atoms with Crippen LogP contribution < -0.4 is 4.74 Å². The van der Waals surface area contributed by atoms with Crippen molar-refractivity contribution in [3.63, 3.8) is 0 Å². The molecule has 0 aromatic heterocycles. The topological polar surface area (TPSA) is 68.3 Å². The van der Waals surface area contributed by atoms with E-state index in [0.717, 1.165) is 0 Å². The molecular weight excluding hydrogens is 386 g/mol. The van der Waals surface area contributed by atoms with Crippen molar-refractivity contribution in [1.82, 2.24) is 9.80 Å². The molecule has 0 unspecified atom stereocenters. The van der Waals surface area contributed by atoms with Crippen LogP contribution in [0.5, 0.6) is 5.75 Å². The number of hydrogen-bond donors (Lipinski definition) is 0. The molecule has 29 heavy (non-hydrogen) atoms. The van der Waals surface area contributed by atoms with Crippen LogP contribution in [0.3, 0.4) is 0 Å². The van der Waals surface area contributed by atoms with E-state index in [1.807, 2.05) is 27.7 Å². The lowest BCUT2D eigenvalue weighted by atomic mass is 10.1. The Bertz CT molecular complexity index is 691. The lowest BCUT2D eigenvalue weighted by Gasteiger charge is -2.40. The Labute approximate surface area is 169 Å². The molecule has 1 aliphatic heterocycles. The third-order valence-electron chi connectivity index (χ3n) is 4.35. The van der Waals surface area contributed by atoms with Gasteiger partial charge in [0.1, 0.15) is 18.0 Å². The Hall–Kier alpha value is -2.58. The molecule has 0 aliphatic carbocycles. The van der Waals surface area contributed by atoms with Crippen LogP contribution in [-0.2, 0) is 16.1 Å². The molecule has 9 heteroatoms. The van der Waals surface area contributed by atoms with Crippen LogP contribution in [-0.4, -0.2) is 59.9 Å². The van der Waals surface area contributed by atoms with Gasteiger partial charge in [-0.05, 0) is 44.9 Å². The summed E-state index contributed by atoms with van der Waals surface area (Å²) in [4.78, 5) is 28.0. The third kappa shape index (κ3) is 7.07. The third-order valence-corrected chi connectivity index (χ3v) is 4.35. The van der Waals surface area contributed by atoms with Crippen molar-refractivity contribution in [2.75, 3.05) is 19.6 Å². The number of nitrogens with zero attached hydrogens (tertiary/aromatic N) is 2. The average Bonchev–Trinajstić information content (AvgIpc) is 2.65. The van der Waals surface area contributed by atoms with E-state index in [2.05, 4.69) is 4.74 Å². The Morgan fingerprint density at radius 3 is 2.34 bits per heavy atom. The number of amides is 2. The molecule has 7 nitrogen and oxygen atoms in total. The maximum atomic E-state index is 12.5. The first-order valence-electron chi connectivity index (χ1n) is 9.54. The molecule has 2 rings (SSSR count). The number of carbonyl (C=O) groups is 2. The summed E-state index contributed by atoms with van der Waals surface area (Å²) >= 11 is 0. The van der Waals surface area contributed by atoms with Crippen molar-refractivity contribution in [3.8, 4) is 5.75 Å². The van der Waals surface area contributed by atoms with Gasteiger partial charge < -0.3 is 24.0 Å². The van der Waals surface area contributed by atoms with Gasteiger partial charge in [0.25, 0.3) is 0 Å². The molecule has 1 saturated heterocycles. The van der Waals surface area contributed by atoms with Gasteiger partial charge in [-0.2, -0.15) is 8.78 Å². The maximum absolute atomic E-state index is 12.5. The fraction of sp³-hybridized carbons (Fsp3) is 0.600. The lowest BCUT2D eigenvalue weighted by molar-refractivity contribution is -0.0498. The summed E-state index contributed by atoms with van der Waals surface area (Å²) in [5, 5.41) is 0. The number of rotatable bonds is 5. The zero-order chi connectivity index (χ0) is 21.6. The number of hydrogen-bond acceptors (Lipinski definition) is 5. The lowest BCUT2D eigenvalue weighted by Crippen LogP contribution is -2.57. The molecule has 1 heterocycles. The highest BCUT2D eigenvalue weighted by atomic mass is 19.3. The summed E-state index contributed by atoms with van der Waals surface area (Å²) in [5.41, 5.74) is 0.0745. The van der Waals surface area contributed by atoms with Gasteiger partial charge in [-0.15, -0.1) is 0 Å². The smallest absolute Gasteiger partial charge is 0.410 e. The number of alkyl halides is 2. The zero-order valence-electron chi connectivity index (χ0n) is 17.2. The number of benzene rings is 1. The molecule has 1 aromatic carbocycles. The molecule has 0 bridgehead atoms. The standard InChI is InChI=1S/C20H28F2N2O5/c1-5-15-12-23(18(25)29-20(2,3)4)10-11-24(15)19(26)27-13-14-6-8-16(9-7-14)28-17(21)22/h6-9,15,17H,5,10-13H2,1-4H3/t15-/m1/s1. The quantitative estimate of drug-likeness (QED) is 0.720. The average molecular weight is 414 g/mol. The monoisotopic (exact) mass is 414 g/mol. The van der Waals surface area contributed by atoms with Gasteiger partial charge >= 0.3 is 18.8 Å². The van der Waals surface area contributed by atoms with Gasteiger partial charge in [-0.1, -0.05) is 19.1 Å². The minimum atomic E-state index is -2.89. The van der Waals surface area contributed by atoms with Gasteiger partial charge in [0.05, 0.1) is 6.04 Å². The normalized spacial score (nSPS) is 17.3. The van der Waals surface area contributed by atoms with Crippen molar-refractivity contribution in [2.45, 2.75) is 59.0 Å². The van der Waals surface area contributed by atoms with Crippen LogP contribution in [0.2, 0.25) is 0 Å². The maximum Gasteiger partial charge on any atom is 0.410 e. The van der Waals surface area contributed by atoms with Crippen LogP contribution in [0.25, 0.3) is 0 Å². The predicted molar refractivity (Wildman–Crippen MR) is 102 cm³/mol. The van der Waals surface area contributed by atoms with Crippen molar-refractivity contribution in [1.29, 1.82) is 0 Å². The molecular formula is C20H28F2N2O5. The second-order valence-corrected chi connectivity index (χ2v) is 7.76. The van der Waals surface area contributed by atoms with Crippen molar-refractivity contribution in [2.24, 2.45) is 0 Å². The number of ether oxygens (including phenoxy) is 3.